The lowest BCUT2D eigenvalue weighted by atomic mass is 9.70. The zero-order valence-electron chi connectivity index (χ0n) is 8.96. The predicted octanol–water partition coefficient (Wildman–Crippen LogP) is 2.02. The van der Waals surface area contributed by atoms with Gasteiger partial charge in [-0.15, -0.1) is 0 Å². The summed E-state index contributed by atoms with van der Waals surface area (Å²) in [6.45, 7) is 4.54. The van der Waals surface area contributed by atoms with E-state index in [2.05, 4.69) is 23.8 Å². The van der Waals surface area contributed by atoms with Crippen LogP contribution < -0.4 is 5.73 Å². The van der Waals surface area contributed by atoms with E-state index in [0.717, 1.165) is 18.2 Å². The van der Waals surface area contributed by atoms with Crippen LogP contribution in [0, 0.1) is 11.8 Å². The maximum atomic E-state index is 6.44. The molecule has 3 N–H and O–H groups in total. The first-order chi connectivity index (χ1) is 6.63. The first-order valence-corrected chi connectivity index (χ1v) is 5.41. The Kier molecular flexibility index (Phi) is 2.35. The molecule has 2 rings (SSSR count). The molecule has 1 aliphatic rings. The molecule has 1 heterocycles. The number of nitrogens with two attached hydrogens (primary N) is 1. The Bertz CT molecular complexity index is 293. The first-order valence-electron chi connectivity index (χ1n) is 5.41. The summed E-state index contributed by atoms with van der Waals surface area (Å²) in [5, 5.41) is 0. The standard InChI is InChI=1S/C11H19N3/c1-8-3-4-11(12,9(2)7-8)10-13-5-6-14-10/h5-6,8-9H,3-4,7,12H2,1-2H3,(H,13,14)/t8-,9+,11-/m1/s1. The lowest BCUT2D eigenvalue weighted by Gasteiger charge is -2.40. The molecule has 0 aromatic carbocycles. The van der Waals surface area contributed by atoms with Crippen LogP contribution in [0.4, 0.5) is 0 Å². The molecule has 0 spiro atoms. The van der Waals surface area contributed by atoms with Crippen molar-refractivity contribution in [2.24, 2.45) is 17.6 Å². The predicted molar refractivity (Wildman–Crippen MR) is 56.6 cm³/mol. The molecule has 0 bridgehead atoms. The largest absolute Gasteiger partial charge is 0.347 e. The third kappa shape index (κ3) is 1.46. The number of rotatable bonds is 1. The van der Waals surface area contributed by atoms with Crippen LogP contribution in [0.25, 0.3) is 0 Å². The summed E-state index contributed by atoms with van der Waals surface area (Å²) in [5.41, 5.74) is 6.21. The number of nitrogens with zero attached hydrogens (tertiary/aromatic N) is 1. The maximum Gasteiger partial charge on any atom is 0.126 e. The molecule has 3 atom stereocenters. The van der Waals surface area contributed by atoms with Crippen molar-refractivity contribution in [2.75, 3.05) is 0 Å². The number of H-pyrrole nitrogens is 1. The number of aromatic nitrogens is 2. The SMILES string of the molecule is C[C@@H]1CC[C@](N)(c2ncc[nH]2)[C@@H](C)C1. The quantitative estimate of drug-likeness (QED) is 0.717. The molecule has 0 unspecified atom stereocenters. The van der Waals surface area contributed by atoms with E-state index in [1.165, 1.54) is 12.8 Å². The summed E-state index contributed by atoms with van der Waals surface area (Å²) in [7, 11) is 0. The van der Waals surface area contributed by atoms with Gasteiger partial charge in [-0.25, -0.2) is 4.98 Å². The summed E-state index contributed by atoms with van der Waals surface area (Å²) < 4.78 is 0. The molecule has 1 aromatic rings. The van der Waals surface area contributed by atoms with Gasteiger partial charge in [0.05, 0.1) is 5.54 Å². The molecule has 0 saturated heterocycles. The highest BCUT2D eigenvalue weighted by Crippen LogP contribution is 2.40. The minimum absolute atomic E-state index is 0.226. The van der Waals surface area contributed by atoms with E-state index in [1.807, 2.05) is 6.20 Å². The van der Waals surface area contributed by atoms with Gasteiger partial charge in [-0.05, 0) is 31.1 Å². The third-order valence-electron chi connectivity index (χ3n) is 3.63. The zero-order valence-corrected chi connectivity index (χ0v) is 8.96. The fourth-order valence-electron chi connectivity index (χ4n) is 2.53. The molecular formula is C11H19N3. The first kappa shape index (κ1) is 9.71. The van der Waals surface area contributed by atoms with Crippen LogP contribution in [0.5, 0.6) is 0 Å². The molecule has 1 fully saturated rings. The molecule has 1 saturated carbocycles. The van der Waals surface area contributed by atoms with Gasteiger partial charge in [-0.2, -0.15) is 0 Å². The van der Waals surface area contributed by atoms with Gasteiger partial charge in [-0.3, -0.25) is 0 Å². The van der Waals surface area contributed by atoms with Crippen LogP contribution in [0.3, 0.4) is 0 Å². The summed E-state index contributed by atoms with van der Waals surface area (Å²) in [6, 6.07) is 0. The summed E-state index contributed by atoms with van der Waals surface area (Å²) >= 11 is 0. The van der Waals surface area contributed by atoms with Gasteiger partial charge in [0.2, 0.25) is 0 Å². The van der Waals surface area contributed by atoms with Gasteiger partial charge >= 0.3 is 0 Å². The van der Waals surface area contributed by atoms with Crippen molar-refractivity contribution in [3.8, 4) is 0 Å². The molecule has 0 amide bonds. The molecular weight excluding hydrogens is 174 g/mol. The third-order valence-corrected chi connectivity index (χ3v) is 3.63. The van der Waals surface area contributed by atoms with E-state index in [0.29, 0.717) is 5.92 Å². The van der Waals surface area contributed by atoms with Crippen molar-refractivity contribution >= 4 is 0 Å². The van der Waals surface area contributed by atoms with Gasteiger partial charge in [0.1, 0.15) is 5.82 Å². The smallest absolute Gasteiger partial charge is 0.126 e. The second kappa shape index (κ2) is 3.39. The minimum Gasteiger partial charge on any atom is -0.347 e. The highest BCUT2D eigenvalue weighted by atomic mass is 15.0. The minimum atomic E-state index is -0.226. The fraction of sp³-hybridized carbons (Fsp3) is 0.727. The molecule has 1 aromatic heterocycles. The van der Waals surface area contributed by atoms with Crippen LogP contribution in [-0.2, 0) is 5.54 Å². The second-order valence-electron chi connectivity index (χ2n) is 4.76. The van der Waals surface area contributed by atoms with E-state index >= 15 is 0 Å². The normalized spacial score (nSPS) is 38.5. The van der Waals surface area contributed by atoms with Gasteiger partial charge in [0.15, 0.2) is 0 Å². The van der Waals surface area contributed by atoms with Crippen LogP contribution in [-0.4, -0.2) is 9.97 Å². The van der Waals surface area contributed by atoms with Crippen molar-refractivity contribution in [3.63, 3.8) is 0 Å². The molecule has 1 aliphatic carbocycles. The monoisotopic (exact) mass is 193 g/mol. The van der Waals surface area contributed by atoms with Gasteiger partial charge in [0, 0.05) is 12.4 Å². The van der Waals surface area contributed by atoms with Gasteiger partial charge < -0.3 is 10.7 Å². The van der Waals surface area contributed by atoms with E-state index in [4.69, 9.17) is 5.73 Å². The zero-order chi connectivity index (χ0) is 10.2. The molecule has 78 valence electrons. The van der Waals surface area contributed by atoms with E-state index < -0.39 is 0 Å². The van der Waals surface area contributed by atoms with Crippen molar-refractivity contribution in [1.82, 2.24) is 9.97 Å². The fourth-order valence-corrected chi connectivity index (χ4v) is 2.53. The number of aromatic amines is 1. The Balaban J connectivity index is 2.23. The van der Waals surface area contributed by atoms with E-state index in [-0.39, 0.29) is 5.54 Å². The van der Waals surface area contributed by atoms with Crippen LogP contribution in [0.2, 0.25) is 0 Å². The number of nitrogens with one attached hydrogen (secondary N) is 1. The summed E-state index contributed by atoms with van der Waals surface area (Å²) in [6.07, 6.45) is 7.10. The highest BCUT2D eigenvalue weighted by molar-refractivity contribution is 5.09. The second-order valence-corrected chi connectivity index (χ2v) is 4.76. The van der Waals surface area contributed by atoms with Crippen LogP contribution in [0.15, 0.2) is 12.4 Å². The van der Waals surface area contributed by atoms with Crippen LogP contribution >= 0.6 is 0 Å². The average Bonchev–Trinajstić information content (AvgIpc) is 2.65. The van der Waals surface area contributed by atoms with Crippen molar-refractivity contribution < 1.29 is 0 Å². The average molecular weight is 193 g/mol. The number of imidazole rings is 1. The molecule has 0 radical (unpaired) electrons. The number of hydrogen-bond acceptors (Lipinski definition) is 2. The van der Waals surface area contributed by atoms with Gasteiger partial charge in [0.25, 0.3) is 0 Å². The lowest BCUT2D eigenvalue weighted by Crippen LogP contribution is -2.47. The van der Waals surface area contributed by atoms with Crippen molar-refractivity contribution in [3.05, 3.63) is 18.2 Å². The van der Waals surface area contributed by atoms with E-state index in [9.17, 15) is 0 Å². The Hall–Kier alpha value is -0.830. The lowest BCUT2D eigenvalue weighted by molar-refractivity contribution is 0.156. The van der Waals surface area contributed by atoms with Crippen molar-refractivity contribution in [2.45, 2.75) is 38.6 Å². The maximum absolute atomic E-state index is 6.44. The summed E-state index contributed by atoms with van der Waals surface area (Å²) in [5.74, 6) is 2.27. The summed E-state index contributed by atoms with van der Waals surface area (Å²) in [4.78, 5) is 7.46. The Labute approximate surface area is 85.1 Å². The van der Waals surface area contributed by atoms with Crippen LogP contribution in [0.1, 0.15) is 38.9 Å². The number of hydrogen-bond donors (Lipinski definition) is 2. The molecule has 3 nitrogen and oxygen atoms in total. The topological polar surface area (TPSA) is 54.7 Å². The molecule has 0 aliphatic heterocycles. The van der Waals surface area contributed by atoms with Gasteiger partial charge in [-0.1, -0.05) is 13.8 Å². The molecule has 3 heteroatoms. The van der Waals surface area contributed by atoms with E-state index in [1.54, 1.807) is 6.20 Å². The Morgan fingerprint density at radius 2 is 2.36 bits per heavy atom. The Morgan fingerprint density at radius 1 is 1.57 bits per heavy atom. The highest BCUT2D eigenvalue weighted by Gasteiger charge is 2.39. The van der Waals surface area contributed by atoms with Crippen molar-refractivity contribution in [1.29, 1.82) is 0 Å². The molecule has 14 heavy (non-hydrogen) atoms. The Morgan fingerprint density at radius 3 is 2.93 bits per heavy atom.